The number of hydrogen-bond acceptors (Lipinski definition) is 2. The standard InChI is InChI=1S/C58H39NO/c1-5-15-40(16-6-1)43-25-31-48(32-26-43)59(49-33-27-44(28-34-49)41-17-7-2-8-18-41)50-35-29-46(30-36-50)54-37-47(42-19-9-3-10-20-42)38-56-57(54)55-39-53(45-21-11-4-12-22-45)51-23-13-14-24-52(51)58(55)60-56/h1-39H. The zero-order valence-corrected chi connectivity index (χ0v) is 32.9. The van der Waals surface area contributed by atoms with Crippen LogP contribution in [0.1, 0.15) is 0 Å². The van der Waals surface area contributed by atoms with E-state index in [4.69, 9.17) is 4.42 Å². The maximum Gasteiger partial charge on any atom is 0.143 e. The first kappa shape index (κ1) is 35.2. The van der Waals surface area contributed by atoms with Gasteiger partial charge in [-0.1, -0.05) is 182 Å². The van der Waals surface area contributed by atoms with E-state index in [0.717, 1.165) is 66.6 Å². The maximum atomic E-state index is 6.93. The number of fused-ring (bicyclic) bond motifs is 5. The summed E-state index contributed by atoms with van der Waals surface area (Å²) >= 11 is 0. The summed E-state index contributed by atoms with van der Waals surface area (Å²) in [4.78, 5) is 2.34. The lowest BCUT2D eigenvalue weighted by atomic mass is 9.91. The molecule has 0 amide bonds. The van der Waals surface area contributed by atoms with E-state index in [0.29, 0.717) is 0 Å². The van der Waals surface area contributed by atoms with Gasteiger partial charge in [0.05, 0.1) is 0 Å². The van der Waals surface area contributed by atoms with Gasteiger partial charge in [0, 0.05) is 33.2 Å². The molecule has 1 aromatic heterocycles. The van der Waals surface area contributed by atoms with E-state index in [-0.39, 0.29) is 0 Å². The second-order valence-corrected chi connectivity index (χ2v) is 15.3. The van der Waals surface area contributed by atoms with E-state index < -0.39 is 0 Å². The van der Waals surface area contributed by atoms with Gasteiger partial charge in [0.15, 0.2) is 0 Å². The Kier molecular flexibility index (Phi) is 8.87. The van der Waals surface area contributed by atoms with Crippen LogP contribution in [0.2, 0.25) is 0 Å². The Morgan fingerprint density at radius 2 is 0.650 bits per heavy atom. The monoisotopic (exact) mass is 765 g/mol. The second kappa shape index (κ2) is 15.1. The first-order valence-corrected chi connectivity index (χ1v) is 20.5. The SMILES string of the molecule is c1ccc(-c2ccc(N(c3ccc(-c4ccccc4)cc3)c3ccc(-c4cc(-c5ccccc5)cc5oc6c7ccccc7c(-c7ccccc7)cc6c45)cc3)cc2)cc1. The van der Waals surface area contributed by atoms with Crippen molar-refractivity contribution in [2.24, 2.45) is 0 Å². The molecule has 60 heavy (non-hydrogen) atoms. The third kappa shape index (κ3) is 6.41. The smallest absolute Gasteiger partial charge is 0.143 e. The zero-order chi connectivity index (χ0) is 39.8. The Bertz CT molecular complexity index is 3160. The number of furan rings is 1. The lowest BCUT2D eigenvalue weighted by Crippen LogP contribution is -2.09. The van der Waals surface area contributed by atoms with E-state index >= 15 is 0 Å². The lowest BCUT2D eigenvalue weighted by Gasteiger charge is -2.26. The molecule has 0 unspecified atom stereocenters. The molecule has 0 N–H and O–H groups in total. The Morgan fingerprint density at radius 3 is 1.15 bits per heavy atom. The number of anilines is 3. The zero-order valence-electron chi connectivity index (χ0n) is 32.9. The third-order valence-electron chi connectivity index (χ3n) is 11.7. The average molecular weight is 766 g/mol. The molecule has 0 spiro atoms. The first-order chi connectivity index (χ1) is 29.7. The summed E-state index contributed by atoms with van der Waals surface area (Å²) in [5.41, 5.74) is 16.7. The van der Waals surface area contributed by atoms with Crippen molar-refractivity contribution >= 4 is 49.8 Å². The Labute approximate surface area is 349 Å². The molecule has 0 aliphatic heterocycles. The van der Waals surface area contributed by atoms with Crippen LogP contribution < -0.4 is 4.90 Å². The highest BCUT2D eigenvalue weighted by Crippen LogP contribution is 2.46. The molecule has 11 rings (SSSR count). The quantitative estimate of drug-likeness (QED) is 0.153. The number of hydrogen-bond donors (Lipinski definition) is 0. The summed E-state index contributed by atoms with van der Waals surface area (Å²) in [6.45, 7) is 0. The summed E-state index contributed by atoms with van der Waals surface area (Å²) in [6.07, 6.45) is 0. The van der Waals surface area contributed by atoms with Crippen LogP contribution in [-0.4, -0.2) is 0 Å². The predicted octanol–water partition coefficient (Wildman–Crippen LogP) is 16.5. The van der Waals surface area contributed by atoms with Gasteiger partial charge in [0.25, 0.3) is 0 Å². The fraction of sp³-hybridized carbons (Fsp3) is 0. The van der Waals surface area contributed by atoms with Gasteiger partial charge < -0.3 is 9.32 Å². The van der Waals surface area contributed by atoms with Crippen LogP contribution in [0.25, 0.3) is 88.3 Å². The Hall–Kier alpha value is -7.94. The van der Waals surface area contributed by atoms with E-state index in [1.165, 1.54) is 38.8 Å². The summed E-state index contributed by atoms with van der Waals surface area (Å²) in [6, 6.07) is 84.7. The molecular formula is C58H39NO. The van der Waals surface area contributed by atoms with Crippen LogP contribution in [0, 0.1) is 0 Å². The van der Waals surface area contributed by atoms with Crippen molar-refractivity contribution in [3.05, 3.63) is 237 Å². The molecule has 0 fully saturated rings. The van der Waals surface area contributed by atoms with Crippen molar-refractivity contribution in [3.8, 4) is 55.6 Å². The van der Waals surface area contributed by atoms with Crippen LogP contribution in [0.15, 0.2) is 241 Å². The topological polar surface area (TPSA) is 16.4 Å². The van der Waals surface area contributed by atoms with Gasteiger partial charge in [-0.2, -0.15) is 0 Å². The first-order valence-electron chi connectivity index (χ1n) is 20.5. The minimum atomic E-state index is 0.874. The third-order valence-corrected chi connectivity index (χ3v) is 11.7. The highest BCUT2D eigenvalue weighted by Gasteiger charge is 2.20. The molecule has 0 radical (unpaired) electrons. The molecule has 0 bridgehead atoms. The summed E-state index contributed by atoms with van der Waals surface area (Å²) in [7, 11) is 0. The van der Waals surface area contributed by atoms with Crippen LogP contribution in [0.4, 0.5) is 17.1 Å². The minimum Gasteiger partial charge on any atom is -0.455 e. The molecule has 11 aromatic rings. The highest BCUT2D eigenvalue weighted by atomic mass is 16.3. The Balaban J connectivity index is 1.08. The van der Waals surface area contributed by atoms with Gasteiger partial charge >= 0.3 is 0 Å². The van der Waals surface area contributed by atoms with Crippen LogP contribution >= 0.6 is 0 Å². The van der Waals surface area contributed by atoms with Crippen LogP contribution in [-0.2, 0) is 0 Å². The van der Waals surface area contributed by atoms with Gasteiger partial charge in [-0.3, -0.25) is 0 Å². The van der Waals surface area contributed by atoms with E-state index in [1.807, 2.05) is 0 Å². The summed E-state index contributed by atoms with van der Waals surface area (Å²) in [5.74, 6) is 0. The normalized spacial score (nSPS) is 11.3. The molecule has 282 valence electrons. The van der Waals surface area contributed by atoms with E-state index in [1.54, 1.807) is 0 Å². The van der Waals surface area contributed by atoms with Crippen molar-refractivity contribution in [1.82, 2.24) is 0 Å². The molecule has 2 nitrogen and oxygen atoms in total. The highest BCUT2D eigenvalue weighted by molar-refractivity contribution is 6.22. The number of rotatable bonds is 8. The maximum absolute atomic E-state index is 6.93. The van der Waals surface area contributed by atoms with E-state index in [9.17, 15) is 0 Å². The molecule has 2 heteroatoms. The molecule has 0 aliphatic carbocycles. The second-order valence-electron chi connectivity index (χ2n) is 15.3. The number of benzene rings is 10. The largest absolute Gasteiger partial charge is 0.455 e. The molecule has 1 heterocycles. The molecule has 10 aromatic carbocycles. The number of nitrogens with zero attached hydrogens (tertiary/aromatic N) is 1. The molecule has 0 atom stereocenters. The lowest BCUT2D eigenvalue weighted by molar-refractivity contribution is 0.673. The summed E-state index contributed by atoms with van der Waals surface area (Å²) < 4.78 is 6.93. The van der Waals surface area contributed by atoms with Gasteiger partial charge in [-0.15, -0.1) is 0 Å². The predicted molar refractivity (Wildman–Crippen MR) is 253 cm³/mol. The molecular weight excluding hydrogens is 727 g/mol. The molecule has 0 aliphatic rings. The van der Waals surface area contributed by atoms with Crippen molar-refractivity contribution in [2.75, 3.05) is 4.90 Å². The van der Waals surface area contributed by atoms with Gasteiger partial charge in [0.2, 0.25) is 0 Å². The van der Waals surface area contributed by atoms with Crippen LogP contribution in [0.5, 0.6) is 0 Å². The van der Waals surface area contributed by atoms with Gasteiger partial charge in [-0.05, 0) is 116 Å². The van der Waals surface area contributed by atoms with Crippen molar-refractivity contribution in [1.29, 1.82) is 0 Å². The van der Waals surface area contributed by atoms with E-state index in [2.05, 4.69) is 241 Å². The fourth-order valence-electron chi connectivity index (χ4n) is 8.71. The van der Waals surface area contributed by atoms with Crippen molar-refractivity contribution in [3.63, 3.8) is 0 Å². The molecule has 0 saturated heterocycles. The van der Waals surface area contributed by atoms with Gasteiger partial charge in [-0.25, -0.2) is 0 Å². The minimum absolute atomic E-state index is 0.874. The Morgan fingerprint density at radius 1 is 0.267 bits per heavy atom. The summed E-state index contributed by atoms with van der Waals surface area (Å²) in [5, 5.41) is 4.52. The van der Waals surface area contributed by atoms with Crippen LogP contribution in [0.3, 0.4) is 0 Å². The fourth-order valence-corrected chi connectivity index (χ4v) is 8.71. The average Bonchev–Trinajstić information content (AvgIpc) is 3.72. The van der Waals surface area contributed by atoms with Gasteiger partial charge in [0.1, 0.15) is 11.2 Å². The molecule has 0 saturated carbocycles. The van der Waals surface area contributed by atoms with Crippen molar-refractivity contribution in [2.45, 2.75) is 0 Å². The van der Waals surface area contributed by atoms with Crippen molar-refractivity contribution < 1.29 is 4.42 Å².